The fourth-order valence-electron chi connectivity index (χ4n) is 2.35. The highest BCUT2D eigenvalue weighted by Crippen LogP contribution is 2.36. The van der Waals surface area contributed by atoms with Crippen molar-refractivity contribution in [2.45, 2.75) is 44.8 Å². The Kier molecular flexibility index (Phi) is 2.43. The highest BCUT2D eigenvalue weighted by molar-refractivity contribution is 5.84. The Balaban J connectivity index is 2.23. The van der Waals surface area contributed by atoms with Crippen LogP contribution in [0, 0.1) is 0 Å². The van der Waals surface area contributed by atoms with Gasteiger partial charge in [0, 0.05) is 6.92 Å². The number of amides is 1. The van der Waals surface area contributed by atoms with Gasteiger partial charge in [0.05, 0.1) is 6.54 Å². The van der Waals surface area contributed by atoms with Gasteiger partial charge in [0.2, 0.25) is 5.91 Å². The van der Waals surface area contributed by atoms with E-state index in [0.717, 1.165) is 0 Å². The highest BCUT2D eigenvalue weighted by Gasteiger charge is 2.56. The molecule has 0 radical (unpaired) electrons. The zero-order chi connectivity index (χ0) is 12.1. The highest BCUT2D eigenvalue weighted by atomic mass is 16.8. The van der Waals surface area contributed by atoms with Gasteiger partial charge in [-0.2, -0.15) is 0 Å². The minimum atomic E-state index is -1.05. The lowest BCUT2D eigenvalue weighted by molar-refractivity contribution is -0.174. The number of carbonyl (C=O) groups excluding carboxylic acids is 1. The first-order valence-corrected chi connectivity index (χ1v) is 5.17. The van der Waals surface area contributed by atoms with E-state index >= 15 is 0 Å². The van der Waals surface area contributed by atoms with Crippen molar-refractivity contribution in [1.29, 1.82) is 0 Å². The van der Waals surface area contributed by atoms with E-state index in [2.05, 4.69) is 0 Å². The van der Waals surface area contributed by atoms with Gasteiger partial charge in [-0.25, -0.2) is 4.79 Å². The van der Waals surface area contributed by atoms with Crippen LogP contribution in [0.25, 0.3) is 0 Å². The van der Waals surface area contributed by atoms with Gasteiger partial charge in [-0.1, -0.05) is 0 Å². The van der Waals surface area contributed by atoms with Crippen molar-refractivity contribution in [3.8, 4) is 0 Å². The molecule has 0 aromatic heterocycles. The molecule has 3 atom stereocenters. The second kappa shape index (κ2) is 3.43. The molecule has 2 fully saturated rings. The smallest absolute Gasteiger partial charge is 0.329 e. The lowest BCUT2D eigenvalue weighted by Gasteiger charge is -2.26. The van der Waals surface area contributed by atoms with Crippen LogP contribution < -0.4 is 0 Å². The number of likely N-dealkylation sites (tertiary alicyclic amines) is 1. The quantitative estimate of drug-likeness (QED) is 0.675. The number of carbonyl (C=O) groups is 2. The fraction of sp³-hybridized carbons (Fsp3) is 0.800. The van der Waals surface area contributed by atoms with Crippen molar-refractivity contribution in [3.05, 3.63) is 0 Å². The standard InChI is InChI=1S/C10H15NO5/c1-5(12)11-4-6-8(7(11)9(13)14)16-10(2,3)15-6/h6-8H,4H2,1-3H3,(H,13,14). The monoisotopic (exact) mass is 229 g/mol. The molecule has 0 saturated carbocycles. The number of aliphatic carboxylic acids is 1. The largest absolute Gasteiger partial charge is 0.480 e. The van der Waals surface area contributed by atoms with Gasteiger partial charge < -0.3 is 19.5 Å². The third-order valence-corrected chi connectivity index (χ3v) is 2.90. The molecular formula is C10H15NO5. The minimum absolute atomic E-state index is 0.271. The van der Waals surface area contributed by atoms with E-state index in [4.69, 9.17) is 14.6 Å². The molecule has 6 nitrogen and oxygen atoms in total. The molecule has 3 unspecified atom stereocenters. The van der Waals surface area contributed by atoms with E-state index in [0.29, 0.717) is 0 Å². The molecule has 0 aromatic carbocycles. The first-order chi connectivity index (χ1) is 7.32. The number of rotatable bonds is 1. The Hall–Kier alpha value is -1.14. The molecular weight excluding hydrogens is 214 g/mol. The predicted octanol–water partition coefficient (Wildman–Crippen LogP) is -0.178. The maximum Gasteiger partial charge on any atom is 0.329 e. The molecule has 6 heteroatoms. The van der Waals surface area contributed by atoms with Crippen molar-refractivity contribution >= 4 is 11.9 Å². The van der Waals surface area contributed by atoms with E-state index < -0.39 is 23.9 Å². The number of hydrogen-bond donors (Lipinski definition) is 1. The van der Waals surface area contributed by atoms with E-state index in [1.165, 1.54) is 11.8 Å². The number of hydrogen-bond acceptors (Lipinski definition) is 4. The number of nitrogens with zero attached hydrogens (tertiary/aromatic N) is 1. The van der Waals surface area contributed by atoms with Crippen molar-refractivity contribution in [2.24, 2.45) is 0 Å². The zero-order valence-electron chi connectivity index (χ0n) is 9.47. The van der Waals surface area contributed by atoms with Gasteiger partial charge in [-0.3, -0.25) is 4.79 Å². The van der Waals surface area contributed by atoms with Crippen LogP contribution in [0.5, 0.6) is 0 Å². The fourth-order valence-corrected chi connectivity index (χ4v) is 2.35. The summed E-state index contributed by atoms with van der Waals surface area (Å²) in [4.78, 5) is 23.7. The summed E-state index contributed by atoms with van der Waals surface area (Å²) < 4.78 is 11.1. The van der Waals surface area contributed by atoms with Crippen LogP contribution in [0.2, 0.25) is 0 Å². The second-order valence-corrected chi connectivity index (χ2v) is 4.59. The molecule has 16 heavy (non-hydrogen) atoms. The second-order valence-electron chi connectivity index (χ2n) is 4.59. The summed E-state index contributed by atoms with van der Waals surface area (Å²) in [5.41, 5.74) is 0. The maximum absolute atomic E-state index is 11.3. The van der Waals surface area contributed by atoms with Crippen LogP contribution in [-0.4, -0.2) is 52.5 Å². The van der Waals surface area contributed by atoms with E-state index in [-0.39, 0.29) is 18.6 Å². The van der Waals surface area contributed by atoms with E-state index in [9.17, 15) is 9.59 Å². The number of carboxylic acid groups (broad SMARTS) is 1. The van der Waals surface area contributed by atoms with Crippen molar-refractivity contribution in [2.75, 3.05) is 6.54 Å². The van der Waals surface area contributed by atoms with Gasteiger partial charge in [0.25, 0.3) is 0 Å². The summed E-state index contributed by atoms with van der Waals surface area (Å²) in [5.74, 6) is -2.10. The molecule has 2 aliphatic rings. The first kappa shape index (κ1) is 11.3. The van der Waals surface area contributed by atoms with Crippen LogP contribution >= 0.6 is 0 Å². The summed E-state index contributed by atoms with van der Waals surface area (Å²) in [7, 11) is 0. The Morgan fingerprint density at radius 1 is 1.38 bits per heavy atom. The zero-order valence-corrected chi connectivity index (χ0v) is 9.47. The molecule has 90 valence electrons. The topological polar surface area (TPSA) is 76.1 Å². The first-order valence-electron chi connectivity index (χ1n) is 5.17. The minimum Gasteiger partial charge on any atom is -0.480 e. The average molecular weight is 229 g/mol. The Bertz CT molecular complexity index is 340. The van der Waals surface area contributed by atoms with Crippen LogP contribution in [0.1, 0.15) is 20.8 Å². The van der Waals surface area contributed by atoms with Crippen LogP contribution in [0.3, 0.4) is 0 Å². The van der Waals surface area contributed by atoms with Crippen molar-refractivity contribution in [1.82, 2.24) is 4.90 Å². The molecule has 2 saturated heterocycles. The molecule has 0 aliphatic carbocycles. The van der Waals surface area contributed by atoms with Gasteiger partial charge in [-0.05, 0) is 13.8 Å². The Labute approximate surface area is 93.1 Å². The molecule has 2 rings (SSSR count). The summed E-state index contributed by atoms with van der Waals surface area (Å²) in [6, 6.07) is -0.940. The summed E-state index contributed by atoms with van der Waals surface area (Å²) >= 11 is 0. The van der Waals surface area contributed by atoms with Crippen molar-refractivity contribution < 1.29 is 24.2 Å². The van der Waals surface area contributed by atoms with E-state index in [1.807, 2.05) is 0 Å². The van der Waals surface area contributed by atoms with Gasteiger partial charge in [-0.15, -0.1) is 0 Å². The summed E-state index contributed by atoms with van der Waals surface area (Å²) in [6.07, 6.45) is -0.920. The van der Waals surface area contributed by atoms with Gasteiger partial charge in [0.1, 0.15) is 12.2 Å². The Morgan fingerprint density at radius 3 is 2.50 bits per heavy atom. The van der Waals surface area contributed by atoms with Gasteiger partial charge in [0.15, 0.2) is 11.8 Å². The summed E-state index contributed by atoms with van der Waals surface area (Å²) in [6.45, 7) is 5.10. The molecule has 0 bridgehead atoms. The molecule has 0 aromatic rings. The third kappa shape index (κ3) is 1.68. The van der Waals surface area contributed by atoms with Crippen LogP contribution in [-0.2, 0) is 19.1 Å². The number of ether oxygens (including phenoxy) is 2. The molecule has 1 N–H and O–H groups in total. The SMILES string of the molecule is CC(=O)N1CC2OC(C)(C)OC2C1C(=O)O. The maximum atomic E-state index is 11.3. The van der Waals surface area contributed by atoms with Crippen LogP contribution in [0.4, 0.5) is 0 Å². The van der Waals surface area contributed by atoms with E-state index in [1.54, 1.807) is 13.8 Å². The number of fused-ring (bicyclic) bond motifs is 1. The number of carboxylic acids is 1. The normalized spacial score (nSPS) is 36.2. The van der Waals surface area contributed by atoms with Crippen LogP contribution in [0.15, 0.2) is 0 Å². The molecule has 2 aliphatic heterocycles. The molecule has 1 amide bonds. The lowest BCUT2D eigenvalue weighted by atomic mass is 10.1. The summed E-state index contributed by atoms with van der Waals surface area (Å²) in [5, 5.41) is 9.12. The third-order valence-electron chi connectivity index (χ3n) is 2.90. The van der Waals surface area contributed by atoms with Crippen molar-refractivity contribution in [3.63, 3.8) is 0 Å². The predicted molar refractivity (Wildman–Crippen MR) is 52.6 cm³/mol. The average Bonchev–Trinajstić information content (AvgIpc) is 2.54. The Morgan fingerprint density at radius 2 is 2.00 bits per heavy atom. The molecule has 2 heterocycles. The molecule has 0 spiro atoms. The van der Waals surface area contributed by atoms with Gasteiger partial charge >= 0.3 is 5.97 Å². The lowest BCUT2D eigenvalue weighted by Crippen LogP contribution is -2.46.